The molecule has 0 aliphatic rings. The van der Waals surface area contributed by atoms with Gasteiger partial charge in [-0.3, -0.25) is 9.59 Å². The van der Waals surface area contributed by atoms with Crippen molar-refractivity contribution in [2.75, 3.05) is 14.1 Å². The van der Waals surface area contributed by atoms with Gasteiger partial charge in [0.1, 0.15) is 6.04 Å². The van der Waals surface area contributed by atoms with Crippen molar-refractivity contribution < 1.29 is 9.59 Å². The van der Waals surface area contributed by atoms with Gasteiger partial charge in [-0.1, -0.05) is 13.5 Å². The van der Waals surface area contributed by atoms with E-state index in [1.807, 2.05) is 6.92 Å². The van der Waals surface area contributed by atoms with Gasteiger partial charge >= 0.3 is 0 Å². The van der Waals surface area contributed by atoms with Crippen molar-refractivity contribution in [3.63, 3.8) is 0 Å². The summed E-state index contributed by atoms with van der Waals surface area (Å²) in [6.07, 6.45) is 1.79. The molecule has 0 heterocycles. The third-order valence-corrected chi connectivity index (χ3v) is 1.93. The average Bonchev–Trinajstić information content (AvgIpc) is 2.17. The second-order valence-corrected chi connectivity index (χ2v) is 2.69. The van der Waals surface area contributed by atoms with Gasteiger partial charge in [0.15, 0.2) is 0 Å². The van der Waals surface area contributed by atoms with E-state index in [1.54, 1.807) is 14.1 Å². The summed E-state index contributed by atoms with van der Waals surface area (Å²) >= 11 is 0. The van der Waals surface area contributed by atoms with Gasteiger partial charge in [-0.05, 0) is 12.5 Å². The summed E-state index contributed by atoms with van der Waals surface area (Å²) in [5, 5.41) is 2.51. The monoisotopic (exact) mass is 184 g/mol. The van der Waals surface area contributed by atoms with Gasteiger partial charge in [0, 0.05) is 14.1 Å². The van der Waals surface area contributed by atoms with Crippen LogP contribution in [0.2, 0.25) is 0 Å². The van der Waals surface area contributed by atoms with Crippen LogP contribution < -0.4 is 5.32 Å². The van der Waals surface area contributed by atoms with Crippen LogP contribution in [0, 0.1) is 0 Å². The number of nitrogens with zero attached hydrogens (tertiary/aromatic N) is 1. The Morgan fingerprint density at radius 2 is 2.15 bits per heavy atom. The Hall–Kier alpha value is -1.32. The summed E-state index contributed by atoms with van der Waals surface area (Å²) in [5.74, 6) is -0.393. The predicted octanol–water partition coefficient (Wildman–Crippen LogP) is 0.155. The van der Waals surface area contributed by atoms with Crippen molar-refractivity contribution in [1.29, 1.82) is 0 Å². The largest absolute Gasteiger partial charge is 0.357 e. The molecular weight excluding hydrogens is 168 g/mol. The molecule has 0 saturated heterocycles. The molecule has 1 unspecified atom stereocenters. The Morgan fingerprint density at radius 1 is 1.62 bits per heavy atom. The smallest absolute Gasteiger partial charge is 0.246 e. The molecule has 0 aliphatic heterocycles. The van der Waals surface area contributed by atoms with Crippen molar-refractivity contribution >= 4 is 11.8 Å². The van der Waals surface area contributed by atoms with E-state index in [4.69, 9.17) is 0 Å². The lowest BCUT2D eigenvalue weighted by Crippen LogP contribution is -2.45. The fourth-order valence-electron chi connectivity index (χ4n) is 1.10. The van der Waals surface area contributed by atoms with E-state index in [0.717, 1.165) is 0 Å². The first-order valence-electron chi connectivity index (χ1n) is 4.19. The zero-order valence-corrected chi connectivity index (χ0v) is 8.33. The van der Waals surface area contributed by atoms with Crippen LogP contribution in [0.15, 0.2) is 12.7 Å². The van der Waals surface area contributed by atoms with E-state index in [0.29, 0.717) is 6.42 Å². The summed E-state index contributed by atoms with van der Waals surface area (Å²) in [6.45, 7) is 5.21. The Kier molecular flexibility index (Phi) is 4.80. The molecule has 0 aromatic heterocycles. The topological polar surface area (TPSA) is 49.4 Å². The number of rotatable bonds is 4. The fourth-order valence-corrected chi connectivity index (χ4v) is 1.10. The van der Waals surface area contributed by atoms with Crippen LogP contribution in [-0.4, -0.2) is 36.9 Å². The van der Waals surface area contributed by atoms with Gasteiger partial charge in [-0.2, -0.15) is 0 Å². The van der Waals surface area contributed by atoms with E-state index in [-0.39, 0.29) is 11.8 Å². The molecule has 0 bridgehead atoms. The van der Waals surface area contributed by atoms with Crippen molar-refractivity contribution in [3.05, 3.63) is 12.7 Å². The summed E-state index contributed by atoms with van der Waals surface area (Å²) in [7, 11) is 3.14. The number of likely N-dealkylation sites (N-methyl/N-ethyl adjacent to an activating group) is 2. The Morgan fingerprint density at radius 3 is 2.46 bits per heavy atom. The van der Waals surface area contributed by atoms with Crippen molar-refractivity contribution in [3.8, 4) is 0 Å². The van der Waals surface area contributed by atoms with Crippen LogP contribution >= 0.6 is 0 Å². The first kappa shape index (κ1) is 11.7. The first-order valence-corrected chi connectivity index (χ1v) is 4.19. The van der Waals surface area contributed by atoms with Gasteiger partial charge in [0.2, 0.25) is 11.8 Å². The third-order valence-electron chi connectivity index (χ3n) is 1.93. The van der Waals surface area contributed by atoms with E-state index in [2.05, 4.69) is 11.9 Å². The Bertz CT molecular complexity index is 214. The Labute approximate surface area is 78.6 Å². The average molecular weight is 184 g/mol. The second-order valence-electron chi connectivity index (χ2n) is 2.69. The van der Waals surface area contributed by atoms with Gasteiger partial charge in [0.25, 0.3) is 0 Å². The van der Waals surface area contributed by atoms with Crippen molar-refractivity contribution in [1.82, 2.24) is 10.2 Å². The van der Waals surface area contributed by atoms with E-state index < -0.39 is 6.04 Å². The minimum Gasteiger partial charge on any atom is -0.357 e. The number of hydrogen-bond donors (Lipinski definition) is 1. The van der Waals surface area contributed by atoms with Crippen LogP contribution in [0.5, 0.6) is 0 Å². The first-order chi connectivity index (χ1) is 6.08. The molecular formula is C9H16N2O2. The maximum absolute atomic E-state index is 11.3. The lowest BCUT2D eigenvalue weighted by molar-refractivity contribution is -0.135. The van der Waals surface area contributed by atoms with Crippen LogP contribution in [0.3, 0.4) is 0 Å². The zero-order chi connectivity index (χ0) is 10.4. The molecule has 74 valence electrons. The maximum Gasteiger partial charge on any atom is 0.246 e. The summed E-state index contributed by atoms with van der Waals surface area (Å²) in [4.78, 5) is 23.8. The molecule has 0 aliphatic carbocycles. The highest BCUT2D eigenvalue weighted by Gasteiger charge is 2.22. The quantitative estimate of drug-likeness (QED) is 0.632. The number of carbonyl (C=O) groups is 2. The van der Waals surface area contributed by atoms with Crippen molar-refractivity contribution in [2.24, 2.45) is 0 Å². The zero-order valence-electron chi connectivity index (χ0n) is 8.33. The highest BCUT2D eigenvalue weighted by molar-refractivity contribution is 5.92. The van der Waals surface area contributed by atoms with Gasteiger partial charge in [0.05, 0.1) is 0 Å². The highest BCUT2D eigenvalue weighted by atomic mass is 16.2. The number of amides is 2. The molecule has 0 radical (unpaired) electrons. The van der Waals surface area contributed by atoms with Crippen LogP contribution in [0.4, 0.5) is 0 Å². The third kappa shape index (κ3) is 2.89. The molecule has 0 saturated carbocycles. The second kappa shape index (κ2) is 5.35. The predicted molar refractivity (Wildman–Crippen MR) is 51.1 cm³/mol. The fraction of sp³-hybridized carbons (Fsp3) is 0.556. The number of hydrogen-bond acceptors (Lipinski definition) is 2. The molecule has 4 nitrogen and oxygen atoms in total. The lowest BCUT2D eigenvalue weighted by Gasteiger charge is -2.24. The van der Waals surface area contributed by atoms with Crippen LogP contribution in [0.25, 0.3) is 0 Å². The van der Waals surface area contributed by atoms with Gasteiger partial charge in [-0.25, -0.2) is 0 Å². The number of carbonyl (C=O) groups excluding carboxylic acids is 2. The van der Waals surface area contributed by atoms with Gasteiger partial charge in [-0.15, -0.1) is 0 Å². The molecule has 2 amide bonds. The minimum absolute atomic E-state index is 0.153. The molecule has 1 atom stereocenters. The van der Waals surface area contributed by atoms with Crippen molar-refractivity contribution in [2.45, 2.75) is 19.4 Å². The molecule has 0 aromatic rings. The van der Waals surface area contributed by atoms with E-state index in [1.165, 1.54) is 11.0 Å². The maximum atomic E-state index is 11.3. The number of nitrogens with one attached hydrogen (secondary N) is 1. The molecule has 0 spiro atoms. The van der Waals surface area contributed by atoms with E-state index >= 15 is 0 Å². The highest BCUT2D eigenvalue weighted by Crippen LogP contribution is 2.02. The molecule has 0 rings (SSSR count). The van der Waals surface area contributed by atoms with E-state index in [9.17, 15) is 9.59 Å². The normalized spacial score (nSPS) is 11.6. The summed E-state index contributed by atoms with van der Waals surface area (Å²) in [5.41, 5.74) is 0. The molecule has 13 heavy (non-hydrogen) atoms. The Balaban J connectivity index is 4.48. The van der Waals surface area contributed by atoms with Crippen LogP contribution in [-0.2, 0) is 9.59 Å². The molecule has 0 fully saturated rings. The standard InChI is InChI=1S/C9H16N2O2/c1-5-7(9(13)10-3)11(4)8(12)6-2/h6-7H,2,5H2,1,3-4H3,(H,10,13). The summed E-state index contributed by atoms with van der Waals surface area (Å²) < 4.78 is 0. The lowest BCUT2D eigenvalue weighted by atomic mass is 10.2. The molecule has 4 heteroatoms. The van der Waals surface area contributed by atoms with Crippen LogP contribution in [0.1, 0.15) is 13.3 Å². The minimum atomic E-state index is -0.407. The summed E-state index contributed by atoms with van der Waals surface area (Å²) in [6, 6.07) is -0.407. The molecule has 0 aromatic carbocycles. The molecule has 1 N–H and O–H groups in total. The van der Waals surface area contributed by atoms with Gasteiger partial charge < -0.3 is 10.2 Å². The SMILES string of the molecule is C=CC(=O)N(C)C(CC)C(=O)NC.